The van der Waals surface area contributed by atoms with E-state index in [4.69, 9.17) is 17.0 Å². The Morgan fingerprint density at radius 1 is 1.23 bits per heavy atom. The molecule has 0 aliphatic rings. The molecule has 4 nitrogen and oxygen atoms in total. The van der Waals surface area contributed by atoms with Crippen LogP contribution in [0.3, 0.4) is 0 Å². The number of hydrogen-bond acceptors (Lipinski definition) is 3. The summed E-state index contributed by atoms with van der Waals surface area (Å²) in [5.74, 6) is 1.68. The monoisotopic (exact) mass is 375 g/mol. The molecule has 0 radical (unpaired) electrons. The zero-order valence-electron chi connectivity index (χ0n) is 11.9. The predicted octanol–water partition coefficient (Wildman–Crippen LogP) is 4.29. The van der Waals surface area contributed by atoms with E-state index in [1.807, 2.05) is 53.1 Å². The number of ether oxygens (including phenoxy) is 1. The van der Waals surface area contributed by atoms with Crippen LogP contribution in [-0.2, 0) is 6.42 Å². The molecule has 22 heavy (non-hydrogen) atoms. The summed E-state index contributed by atoms with van der Waals surface area (Å²) in [6, 6.07) is 16.0. The van der Waals surface area contributed by atoms with Gasteiger partial charge in [0.15, 0.2) is 4.77 Å². The summed E-state index contributed by atoms with van der Waals surface area (Å²) in [6.45, 7) is 0. The molecule has 6 heteroatoms. The van der Waals surface area contributed by atoms with Crippen LogP contribution in [0, 0.1) is 4.77 Å². The fourth-order valence-electron chi connectivity index (χ4n) is 2.29. The van der Waals surface area contributed by atoms with E-state index >= 15 is 0 Å². The summed E-state index contributed by atoms with van der Waals surface area (Å²) < 4.78 is 8.72. The van der Waals surface area contributed by atoms with E-state index in [-0.39, 0.29) is 0 Å². The zero-order valence-corrected chi connectivity index (χ0v) is 14.3. The molecule has 0 atom stereocenters. The lowest BCUT2D eigenvalue weighted by Gasteiger charge is -2.08. The third-order valence-electron chi connectivity index (χ3n) is 3.33. The number of benzene rings is 2. The summed E-state index contributed by atoms with van der Waals surface area (Å²) in [7, 11) is 1.65. The van der Waals surface area contributed by atoms with Gasteiger partial charge in [-0.3, -0.25) is 9.67 Å². The number of aromatic amines is 1. The van der Waals surface area contributed by atoms with Gasteiger partial charge in [0.1, 0.15) is 11.6 Å². The highest BCUT2D eigenvalue weighted by Crippen LogP contribution is 2.26. The van der Waals surface area contributed by atoms with Crippen molar-refractivity contribution in [1.82, 2.24) is 14.8 Å². The van der Waals surface area contributed by atoms with Gasteiger partial charge in [0.2, 0.25) is 0 Å². The largest absolute Gasteiger partial charge is 0.496 e. The smallest absolute Gasteiger partial charge is 0.199 e. The van der Waals surface area contributed by atoms with Gasteiger partial charge >= 0.3 is 0 Å². The molecule has 0 aliphatic carbocycles. The molecule has 1 heterocycles. The third kappa shape index (κ3) is 2.98. The Balaban J connectivity index is 1.97. The lowest BCUT2D eigenvalue weighted by molar-refractivity contribution is 0.412. The fourth-order valence-corrected chi connectivity index (χ4v) is 3.14. The maximum Gasteiger partial charge on any atom is 0.199 e. The molecule has 0 fully saturated rings. The first-order valence-corrected chi connectivity index (χ1v) is 7.93. The molecule has 0 aliphatic heterocycles. The van der Waals surface area contributed by atoms with Crippen LogP contribution < -0.4 is 4.74 Å². The lowest BCUT2D eigenvalue weighted by Crippen LogP contribution is -2.02. The van der Waals surface area contributed by atoms with Crippen LogP contribution in [0.25, 0.3) is 5.69 Å². The predicted molar refractivity (Wildman–Crippen MR) is 92.2 cm³/mol. The quantitative estimate of drug-likeness (QED) is 0.691. The van der Waals surface area contributed by atoms with Crippen LogP contribution in [0.5, 0.6) is 5.75 Å². The molecular formula is C16H14BrN3OS. The maximum atomic E-state index is 5.35. The van der Waals surface area contributed by atoms with Gasteiger partial charge in [-0.1, -0.05) is 24.3 Å². The average Bonchev–Trinajstić information content (AvgIpc) is 2.89. The number of aromatic nitrogens is 3. The molecule has 3 rings (SSSR count). The number of nitrogens with one attached hydrogen (secondary N) is 1. The van der Waals surface area contributed by atoms with E-state index in [0.29, 0.717) is 11.2 Å². The first-order valence-electron chi connectivity index (χ1n) is 6.73. The topological polar surface area (TPSA) is 42.8 Å². The van der Waals surface area contributed by atoms with Gasteiger partial charge in [-0.15, -0.1) is 0 Å². The highest BCUT2D eigenvalue weighted by atomic mass is 79.9. The first-order chi connectivity index (χ1) is 10.7. The van der Waals surface area contributed by atoms with Gasteiger partial charge in [-0.05, 0) is 58.0 Å². The van der Waals surface area contributed by atoms with Crippen LogP contribution in [-0.4, -0.2) is 21.9 Å². The number of hydrogen-bond donors (Lipinski definition) is 1. The average molecular weight is 376 g/mol. The number of rotatable bonds is 4. The summed E-state index contributed by atoms with van der Waals surface area (Å²) in [5, 5.41) is 7.23. The summed E-state index contributed by atoms with van der Waals surface area (Å²) in [6.07, 6.45) is 0.671. The van der Waals surface area contributed by atoms with Crippen molar-refractivity contribution in [3.63, 3.8) is 0 Å². The van der Waals surface area contributed by atoms with Crippen LogP contribution in [0.15, 0.2) is 53.0 Å². The number of para-hydroxylation sites is 1. The normalized spacial score (nSPS) is 10.6. The summed E-state index contributed by atoms with van der Waals surface area (Å²) in [5.41, 5.74) is 2.13. The molecular weight excluding hydrogens is 362 g/mol. The van der Waals surface area contributed by atoms with E-state index in [1.54, 1.807) is 7.11 Å². The van der Waals surface area contributed by atoms with Crippen molar-refractivity contribution >= 4 is 28.1 Å². The van der Waals surface area contributed by atoms with Crippen molar-refractivity contribution in [1.29, 1.82) is 0 Å². The van der Waals surface area contributed by atoms with Gasteiger partial charge < -0.3 is 4.74 Å². The molecule has 2 aromatic carbocycles. The van der Waals surface area contributed by atoms with Crippen molar-refractivity contribution in [2.24, 2.45) is 0 Å². The van der Waals surface area contributed by atoms with Crippen molar-refractivity contribution in [3.05, 3.63) is 69.2 Å². The highest BCUT2D eigenvalue weighted by molar-refractivity contribution is 9.10. The molecule has 1 aromatic heterocycles. The second kappa shape index (κ2) is 6.46. The van der Waals surface area contributed by atoms with E-state index in [9.17, 15) is 0 Å². The Hall–Kier alpha value is -1.92. The van der Waals surface area contributed by atoms with Crippen molar-refractivity contribution in [2.75, 3.05) is 7.11 Å². The van der Waals surface area contributed by atoms with E-state index in [0.717, 1.165) is 27.3 Å². The molecule has 0 saturated heterocycles. The molecule has 0 saturated carbocycles. The van der Waals surface area contributed by atoms with Gasteiger partial charge in [-0.25, -0.2) is 0 Å². The molecule has 3 aromatic rings. The minimum absolute atomic E-state index is 0.591. The van der Waals surface area contributed by atoms with Crippen molar-refractivity contribution < 1.29 is 4.74 Å². The van der Waals surface area contributed by atoms with Crippen LogP contribution in [0.1, 0.15) is 11.4 Å². The van der Waals surface area contributed by atoms with Crippen LogP contribution >= 0.6 is 28.1 Å². The standard InChI is InChI=1S/C16H14BrN3OS/c1-21-14-8-7-11(9-13(14)17)10-15-18-19-16(22)20(15)12-5-3-2-4-6-12/h2-9H,10H2,1H3,(H,19,22). The Labute approximate surface area is 141 Å². The van der Waals surface area contributed by atoms with Gasteiger partial charge in [-0.2, -0.15) is 5.10 Å². The molecule has 0 bridgehead atoms. The lowest BCUT2D eigenvalue weighted by atomic mass is 10.1. The molecule has 0 amide bonds. The van der Waals surface area contributed by atoms with E-state index in [2.05, 4.69) is 26.1 Å². The fraction of sp³-hybridized carbons (Fsp3) is 0.125. The SMILES string of the molecule is COc1ccc(Cc2n[nH]c(=S)n2-c2ccccc2)cc1Br. The maximum absolute atomic E-state index is 5.35. The second-order valence-electron chi connectivity index (χ2n) is 4.76. The Morgan fingerprint density at radius 2 is 2.00 bits per heavy atom. The van der Waals surface area contributed by atoms with Gasteiger partial charge in [0.05, 0.1) is 11.6 Å². The minimum Gasteiger partial charge on any atom is -0.496 e. The molecule has 0 unspecified atom stereocenters. The number of methoxy groups -OCH3 is 1. The van der Waals surface area contributed by atoms with E-state index in [1.165, 1.54) is 0 Å². The number of nitrogens with zero attached hydrogens (tertiary/aromatic N) is 2. The van der Waals surface area contributed by atoms with Gasteiger partial charge in [0, 0.05) is 12.1 Å². The molecule has 0 spiro atoms. The van der Waals surface area contributed by atoms with Crippen molar-refractivity contribution in [2.45, 2.75) is 6.42 Å². The second-order valence-corrected chi connectivity index (χ2v) is 6.00. The Kier molecular flexibility index (Phi) is 4.40. The van der Waals surface area contributed by atoms with Crippen molar-refractivity contribution in [3.8, 4) is 11.4 Å². The zero-order chi connectivity index (χ0) is 15.5. The molecule has 112 valence electrons. The van der Waals surface area contributed by atoms with Crippen LogP contribution in [0.4, 0.5) is 0 Å². The number of H-pyrrole nitrogens is 1. The van der Waals surface area contributed by atoms with E-state index < -0.39 is 0 Å². The number of halogens is 1. The summed E-state index contributed by atoms with van der Waals surface area (Å²) in [4.78, 5) is 0. The molecule has 1 N–H and O–H groups in total. The van der Waals surface area contributed by atoms with Gasteiger partial charge in [0.25, 0.3) is 0 Å². The summed E-state index contributed by atoms with van der Waals surface area (Å²) >= 11 is 8.86. The first kappa shape index (κ1) is 15.0. The van der Waals surface area contributed by atoms with Crippen LogP contribution in [0.2, 0.25) is 0 Å². The minimum atomic E-state index is 0.591. The Morgan fingerprint density at radius 3 is 2.68 bits per heavy atom. The Bertz CT molecular complexity index is 842. The third-order valence-corrected chi connectivity index (χ3v) is 4.23. The highest BCUT2D eigenvalue weighted by Gasteiger charge is 2.10.